The average Bonchev–Trinajstić information content (AvgIpc) is 2.98. The quantitative estimate of drug-likeness (QED) is 0.829. The summed E-state index contributed by atoms with van der Waals surface area (Å²) in [5, 5.41) is 18.4. The van der Waals surface area contributed by atoms with Gasteiger partial charge in [0.25, 0.3) is 0 Å². The molecule has 6 heteroatoms. The first-order valence-electron chi connectivity index (χ1n) is 7.03. The van der Waals surface area contributed by atoms with Crippen molar-refractivity contribution in [1.29, 1.82) is 5.41 Å². The van der Waals surface area contributed by atoms with Gasteiger partial charge in [-0.15, -0.1) is 10.2 Å². The summed E-state index contributed by atoms with van der Waals surface area (Å²) in [4.78, 5) is 2.29. The molecule has 1 aromatic heterocycles. The van der Waals surface area contributed by atoms with Gasteiger partial charge in [0.1, 0.15) is 5.01 Å². The molecule has 0 radical (unpaired) electrons. The zero-order chi connectivity index (χ0) is 14.8. The lowest BCUT2D eigenvalue weighted by Gasteiger charge is -2.30. The predicted octanol–water partition coefficient (Wildman–Crippen LogP) is 4.22. The van der Waals surface area contributed by atoms with Crippen molar-refractivity contribution in [3.63, 3.8) is 0 Å². The number of benzene rings is 1. The first-order chi connectivity index (χ1) is 10.1. The topological polar surface area (TPSA) is 52.9 Å². The highest BCUT2D eigenvalue weighted by Gasteiger charge is 2.23. The van der Waals surface area contributed by atoms with Gasteiger partial charge in [0.2, 0.25) is 5.13 Å². The number of piperidine rings is 1. The first-order valence-corrected chi connectivity index (χ1v) is 8.64. The molecule has 2 aromatic rings. The van der Waals surface area contributed by atoms with E-state index in [9.17, 15) is 0 Å². The second-order valence-electron chi connectivity index (χ2n) is 5.34. The molecule has 0 atom stereocenters. The Morgan fingerprint density at radius 1 is 1.24 bits per heavy atom. The highest BCUT2D eigenvalue weighted by Crippen LogP contribution is 2.31. The van der Waals surface area contributed by atoms with E-state index in [0.29, 0.717) is 5.92 Å². The number of hydrogen-bond donors (Lipinski definition) is 1. The van der Waals surface area contributed by atoms with Crippen LogP contribution in [-0.4, -0.2) is 29.0 Å². The Labute approximate surface area is 136 Å². The molecule has 1 saturated heterocycles. The lowest BCUT2D eigenvalue weighted by Crippen LogP contribution is -2.35. The molecule has 1 N–H and O–H groups in total. The van der Waals surface area contributed by atoms with Gasteiger partial charge < -0.3 is 10.3 Å². The second-order valence-corrected chi connectivity index (χ2v) is 7.21. The number of anilines is 1. The van der Waals surface area contributed by atoms with E-state index in [0.717, 1.165) is 51.8 Å². The average molecular weight is 365 g/mol. The van der Waals surface area contributed by atoms with Gasteiger partial charge >= 0.3 is 0 Å². The van der Waals surface area contributed by atoms with Gasteiger partial charge in [0, 0.05) is 28.8 Å². The fourth-order valence-corrected chi connectivity index (χ4v) is 3.72. The zero-order valence-electron chi connectivity index (χ0n) is 11.8. The number of hydrogen-bond acceptors (Lipinski definition) is 5. The summed E-state index contributed by atoms with van der Waals surface area (Å²) in [6.07, 6.45) is 2.09. The number of nitrogens with one attached hydrogen (secondary N) is 1. The van der Waals surface area contributed by atoms with E-state index in [1.54, 1.807) is 11.3 Å². The van der Waals surface area contributed by atoms with Gasteiger partial charge in [-0.3, -0.25) is 0 Å². The van der Waals surface area contributed by atoms with E-state index in [1.165, 1.54) is 0 Å². The number of rotatable bonds is 3. The van der Waals surface area contributed by atoms with Crippen molar-refractivity contribution in [1.82, 2.24) is 10.2 Å². The van der Waals surface area contributed by atoms with Crippen LogP contribution in [0.3, 0.4) is 0 Å². The highest BCUT2D eigenvalue weighted by molar-refractivity contribution is 9.10. The Hall–Kier alpha value is -1.27. The normalized spacial score (nSPS) is 16.2. The fourth-order valence-electron chi connectivity index (χ4n) is 2.56. The van der Waals surface area contributed by atoms with Gasteiger partial charge in [-0.2, -0.15) is 0 Å². The molecule has 21 heavy (non-hydrogen) atoms. The van der Waals surface area contributed by atoms with Gasteiger partial charge in [-0.1, -0.05) is 39.4 Å². The standard InChI is InChI=1S/C15H17BrN4S/c1-10(17)11-6-8-20(9-7-11)15-19-18-14(21-15)12-2-4-13(16)5-3-12/h2-5,11,17H,6-9H2,1H3. The third-order valence-corrected chi connectivity index (χ3v) is 5.45. The molecule has 1 aliphatic rings. The summed E-state index contributed by atoms with van der Waals surface area (Å²) in [7, 11) is 0. The van der Waals surface area contributed by atoms with Crippen molar-refractivity contribution in [3.8, 4) is 10.6 Å². The molecule has 0 amide bonds. The third-order valence-electron chi connectivity index (χ3n) is 3.88. The summed E-state index contributed by atoms with van der Waals surface area (Å²) in [5.74, 6) is 0.445. The Morgan fingerprint density at radius 2 is 1.90 bits per heavy atom. The SMILES string of the molecule is CC(=N)C1CCN(c2nnc(-c3ccc(Br)cc3)s2)CC1. The van der Waals surface area contributed by atoms with Gasteiger partial charge in [0.05, 0.1) is 0 Å². The minimum atomic E-state index is 0.445. The van der Waals surface area contributed by atoms with Crippen LogP contribution in [0.25, 0.3) is 10.6 Å². The minimum absolute atomic E-state index is 0.445. The van der Waals surface area contributed by atoms with E-state index < -0.39 is 0 Å². The van der Waals surface area contributed by atoms with Crippen LogP contribution in [0.4, 0.5) is 5.13 Å². The number of aromatic nitrogens is 2. The van der Waals surface area contributed by atoms with Gasteiger partial charge in [0.15, 0.2) is 0 Å². The van der Waals surface area contributed by atoms with Gasteiger partial charge in [-0.25, -0.2) is 0 Å². The maximum atomic E-state index is 7.75. The number of halogens is 1. The van der Waals surface area contributed by atoms with Crippen LogP contribution in [0.2, 0.25) is 0 Å². The molecular formula is C15H17BrN4S. The molecule has 1 aliphatic heterocycles. The minimum Gasteiger partial charge on any atom is -0.347 e. The lowest BCUT2D eigenvalue weighted by atomic mass is 9.93. The van der Waals surface area contributed by atoms with Crippen LogP contribution < -0.4 is 4.90 Å². The Bertz CT molecular complexity index is 629. The van der Waals surface area contributed by atoms with E-state index >= 15 is 0 Å². The number of nitrogens with zero attached hydrogens (tertiary/aromatic N) is 3. The summed E-state index contributed by atoms with van der Waals surface area (Å²) >= 11 is 5.09. The van der Waals surface area contributed by atoms with Crippen molar-refractivity contribution in [3.05, 3.63) is 28.7 Å². The van der Waals surface area contributed by atoms with Crippen molar-refractivity contribution >= 4 is 38.1 Å². The Kier molecular flexibility index (Phi) is 4.35. The molecule has 0 unspecified atom stereocenters. The van der Waals surface area contributed by atoms with Crippen molar-refractivity contribution in [2.24, 2.45) is 5.92 Å². The van der Waals surface area contributed by atoms with Crippen LogP contribution in [0.15, 0.2) is 28.7 Å². The van der Waals surface area contributed by atoms with Crippen LogP contribution in [0.1, 0.15) is 19.8 Å². The van der Waals surface area contributed by atoms with Crippen LogP contribution in [-0.2, 0) is 0 Å². The second kappa shape index (κ2) is 6.23. The maximum Gasteiger partial charge on any atom is 0.208 e. The molecule has 110 valence electrons. The highest BCUT2D eigenvalue weighted by atomic mass is 79.9. The van der Waals surface area contributed by atoms with E-state index in [-0.39, 0.29) is 0 Å². The van der Waals surface area contributed by atoms with Crippen molar-refractivity contribution in [2.45, 2.75) is 19.8 Å². The molecule has 0 spiro atoms. The first kappa shape index (κ1) is 14.7. The molecule has 3 rings (SSSR count). The monoisotopic (exact) mass is 364 g/mol. The van der Waals surface area contributed by atoms with E-state index in [4.69, 9.17) is 5.41 Å². The van der Waals surface area contributed by atoms with Crippen LogP contribution >= 0.6 is 27.3 Å². The van der Waals surface area contributed by atoms with Gasteiger partial charge in [-0.05, 0) is 37.8 Å². The fraction of sp³-hybridized carbons (Fsp3) is 0.400. The Balaban J connectivity index is 1.71. The molecule has 1 aromatic carbocycles. The summed E-state index contributed by atoms with van der Waals surface area (Å²) in [6, 6.07) is 8.15. The summed E-state index contributed by atoms with van der Waals surface area (Å²) < 4.78 is 1.07. The Morgan fingerprint density at radius 3 is 2.52 bits per heavy atom. The molecule has 0 aliphatic carbocycles. The molecule has 0 bridgehead atoms. The van der Waals surface area contributed by atoms with E-state index in [2.05, 4.69) is 43.2 Å². The molecule has 4 nitrogen and oxygen atoms in total. The smallest absolute Gasteiger partial charge is 0.208 e. The largest absolute Gasteiger partial charge is 0.347 e. The predicted molar refractivity (Wildman–Crippen MR) is 91.4 cm³/mol. The summed E-state index contributed by atoms with van der Waals surface area (Å²) in [5.41, 5.74) is 1.91. The van der Waals surface area contributed by atoms with Crippen molar-refractivity contribution < 1.29 is 0 Å². The van der Waals surface area contributed by atoms with Crippen molar-refractivity contribution in [2.75, 3.05) is 18.0 Å². The molecular weight excluding hydrogens is 348 g/mol. The lowest BCUT2D eigenvalue weighted by molar-refractivity contribution is 0.498. The van der Waals surface area contributed by atoms with Crippen LogP contribution in [0, 0.1) is 11.3 Å². The molecule has 1 fully saturated rings. The van der Waals surface area contributed by atoms with Crippen LogP contribution in [0.5, 0.6) is 0 Å². The zero-order valence-corrected chi connectivity index (χ0v) is 14.2. The molecule has 0 saturated carbocycles. The van der Waals surface area contributed by atoms with E-state index in [1.807, 2.05) is 19.1 Å². The molecule has 2 heterocycles. The summed E-state index contributed by atoms with van der Waals surface area (Å²) in [6.45, 7) is 3.85. The third kappa shape index (κ3) is 3.32. The maximum absolute atomic E-state index is 7.75.